The lowest BCUT2D eigenvalue weighted by Gasteiger charge is -2.34. The van der Waals surface area contributed by atoms with Crippen molar-refractivity contribution in [1.29, 1.82) is 0 Å². The topological polar surface area (TPSA) is 84.5 Å². The summed E-state index contributed by atoms with van der Waals surface area (Å²) in [7, 11) is 0. The van der Waals surface area contributed by atoms with Crippen molar-refractivity contribution in [2.24, 2.45) is 0 Å². The molecule has 156 valence electrons. The van der Waals surface area contributed by atoms with E-state index in [-0.39, 0.29) is 11.7 Å². The van der Waals surface area contributed by atoms with Crippen molar-refractivity contribution < 1.29 is 9.72 Å². The molecule has 1 aliphatic heterocycles. The minimum Gasteiger partial charge on any atom is -0.358 e. The van der Waals surface area contributed by atoms with Gasteiger partial charge in [0.1, 0.15) is 0 Å². The zero-order valence-electron chi connectivity index (χ0n) is 16.7. The van der Waals surface area contributed by atoms with Gasteiger partial charge < -0.3 is 15.0 Å². The van der Waals surface area contributed by atoms with Gasteiger partial charge in [-0.2, -0.15) is 4.68 Å². The second-order valence-corrected chi connectivity index (χ2v) is 8.35. The number of carbonyl (C=O) groups excluding carboxylic acids is 1. The van der Waals surface area contributed by atoms with Gasteiger partial charge in [-0.25, -0.2) is 0 Å². The second-order valence-electron chi connectivity index (χ2n) is 7.44. The van der Waals surface area contributed by atoms with Gasteiger partial charge in [0, 0.05) is 32.7 Å². The van der Waals surface area contributed by atoms with E-state index in [4.69, 9.17) is 0 Å². The predicted molar refractivity (Wildman–Crippen MR) is 115 cm³/mol. The molecular formula is C21H23N5O3S. The summed E-state index contributed by atoms with van der Waals surface area (Å²) in [5.74, 6) is -0.127. The minimum absolute atomic E-state index is 0.0493. The molecule has 0 radical (unpaired) electrons. The summed E-state index contributed by atoms with van der Waals surface area (Å²) >= 11 is 1.41. The number of aryl methyl sites for hydroxylation is 1. The highest BCUT2D eigenvalue weighted by molar-refractivity contribution is 7.12. The first-order valence-electron chi connectivity index (χ1n) is 9.81. The molecule has 1 aromatic carbocycles. The van der Waals surface area contributed by atoms with Crippen molar-refractivity contribution in [3.05, 3.63) is 79.7 Å². The van der Waals surface area contributed by atoms with Crippen LogP contribution in [0, 0.1) is 17.0 Å². The van der Waals surface area contributed by atoms with E-state index in [0.29, 0.717) is 24.5 Å². The fourth-order valence-corrected chi connectivity index (χ4v) is 4.46. The molecule has 1 fully saturated rings. The first-order valence-corrected chi connectivity index (χ1v) is 10.7. The van der Waals surface area contributed by atoms with E-state index < -0.39 is 4.92 Å². The van der Waals surface area contributed by atoms with Crippen molar-refractivity contribution in [3.63, 3.8) is 0 Å². The Kier molecular flexibility index (Phi) is 5.91. The van der Waals surface area contributed by atoms with Crippen molar-refractivity contribution in [3.8, 4) is 0 Å². The lowest BCUT2D eigenvalue weighted by Crippen LogP contribution is -2.48. The standard InChI is InChI=1S/C21H23N5O3S/c1-16-4-2-3-5-18(16)14-23-8-10-24(11-9-23)21(27)19-12-17(15-30-19)13-25-7-6-20(22-25)26(28)29/h2-7,12,15H,8-11,13-14H2,1H3. The van der Waals surface area contributed by atoms with Gasteiger partial charge in [-0.1, -0.05) is 24.3 Å². The summed E-state index contributed by atoms with van der Waals surface area (Å²) in [6.45, 7) is 6.58. The minimum atomic E-state index is -0.516. The molecule has 0 unspecified atom stereocenters. The average Bonchev–Trinajstić information content (AvgIpc) is 3.40. The largest absolute Gasteiger partial charge is 0.389 e. The van der Waals surface area contributed by atoms with Crippen LogP contribution in [0.25, 0.3) is 0 Å². The second kappa shape index (κ2) is 8.76. The van der Waals surface area contributed by atoms with Gasteiger partial charge in [0.05, 0.1) is 28.8 Å². The Labute approximate surface area is 178 Å². The van der Waals surface area contributed by atoms with Crippen LogP contribution in [-0.4, -0.2) is 56.6 Å². The Morgan fingerprint density at radius 1 is 1.17 bits per heavy atom. The van der Waals surface area contributed by atoms with E-state index in [1.54, 1.807) is 6.20 Å². The average molecular weight is 426 g/mol. The number of nitrogens with zero attached hydrogens (tertiary/aromatic N) is 5. The van der Waals surface area contributed by atoms with Crippen LogP contribution in [0.15, 0.2) is 48.0 Å². The van der Waals surface area contributed by atoms with Gasteiger partial charge in [-0.3, -0.25) is 9.69 Å². The Balaban J connectivity index is 1.32. The number of rotatable bonds is 6. The molecule has 9 heteroatoms. The molecule has 0 bridgehead atoms. The summed E-state index contributed by atoms with van der Waals surface area (Å²) in [6.07, 6.45) is 1.57. The first-order chi connectivity index (χ1) is 14.5. The number of thiophene rings is 1. The van der Waals surface area contributed by atoms with E-state index >= 15 is 0 Å². The molecule has 1 amide bonds. The number of hydrogen-bond donors (Lipinski definition) is 0. The van der Waals surface area contributed by atoms with Crippen molar-refractivity contribution >= 4 is 23.1 Å². The number of aromatic nitrogens is 2. The molecule has 3 heterocycles. The third-order valence-electron chi connectivity index (χ3n) is 5.34. The molecule has 0 N–H and O–H groups in total. The van der Waals surface area contributed by atoms with Crippen molar-refractivity contribution in [2.45, 2.75) is 20.0 Å². The molecule has 0 saturated carbocycles. The summed E-state index contributed by atoms with van der Waals surface area (Å²) in [5.41, 5.74) is 3.54. The van der Waals surface area contributed by atoms with E-state index in [0.717, 1.165) is 25.2 Å². The van der Waals surface area contributed by atoms with Crippen LogP contribution in [0.5, 0.6) is 0 Å². The van der Waals surface area contributed by atoms with Crippen molar-refractivity contribution in [1.82, 2.24) is 19.6 Å². The molecule has 2 aromatic heterocycles. The third kappa shape index (κ3) is 4.58. The molecule has 8 nitrogen and oxygen atoms in total. The predicted octanol–water partition coefficient (Wildman–Crippen LogP) is 3.17. The number of piperazine rings is 1. The van der Waals surface area contributed by atoms with E-state index in [2.05, 4.69) is 41.2 Å². The van der Waals surface area contributed by atoms with Gasteiger partial charge in [0.15, 0.2) is 0 Å². The van der Waals surface area contributed by atoms with Gasteiger partial charge in [0.25, 0.3) is 5.91 Å². The van der Waals surface area contributed by atoms with Gasteiger partial charge >= 0.3 is 5.82 Å². The molecule has 4 rings (SSSR count). The molecule has 0 spiro atoms. The molecular weight excluding hydrogens is 402 g/mol. The molecule has 3 aromatic rings. The summed E-state index contributed by atoms with van der Waals surface area (Å²) < 4.78 is 1.51. The fraction of sp³-hybridized carbons (Fsp3) is 0.333. The van der Waals surface area contributed by atoms with Crippen LogP contribution >= 0.6 is 11.3 Å². The normalized spacial score (nSPS) is 14.8. The van der Waals surface area contributed by atoms with Crippen LogP contribution < -0.4 is 0 Å². The number of carbonyl (C=O) groups is 1. The Morgan fingerprint density at radius 2 is 1.93 bits per heavy atom. The highest BCUT2D eigenvalue weighted by atomic mass is 32.1. The maximum absolute atomic E-state index is 12.9. The van der Waals surface area contributed by atoms with Crippen LogP contribution in [0.4, 0.5) is 5.82 Å². The third-order valence-corrected chi connectivity index (χ3v) is 6.30. The molecule has 0 aliphatic carbocycles. The lowest BCUT2D eigenvalue weighted by molar-refractivity contribution is -0.389. The van der Waals surface area contributed by atoms with E-state index in [9.17, 15) is 14.9 Å². The summed E-state index contributed by atoms with van der Waals surface area (Å²) in [6, 6.07) is 11.6. The maximum atomic E-state index is 12.9. The monoisotopic (exact) mass is 425 g/mol. The van der Waals surface area contributed by atoms with Gasteiger partial charge in [-0.15, -0.1) is 11.3 Å². The van der Waals surface area contributed by atoms with Crippen LogP contribution in [-0.2, 0) is 13.1 Å². The molecule has 0 atom stereocenters. The number of hydrogen-bond acceptors (Lipinski definition) is 6. The fourth-order valence-electron chi connectivity index (χ4n) is 3.59. The molecule has 1 saturated heterocycles. The van der Waals surface area contributed by atoms with Crippen LogP contribution in [0.1, 0.15) is 26.4 Å². The Morgan fingerprint density at radius 3 is 2.63 bits per heavy atom. The van der Waals surface area contributed by atoms with Crippen molar-refractivity contribution in [2.75, 3.05) is 26.2 Å². The lowest BCUT2D eigenvalue weighted by atomic mass is 10.1. The highest BCUT2D eigenvalue weighted by Gasteiger charge is 2.23. The van der Waals surface area contributed by atoms with Crippen LogP contribution in [0.2, 0.25) is 0 Å². The maximum Gasteiger partial charge on any atom is 0.389 e. The van der Waals surface area contributed by atoms with Crippen LogP contribution in [0.3, 0.4) is 0 Å². The number of nitro groups is 1. The zero-order chi connectivity index (χ0) is 21.1. The SMILES string of the molecule is Cc1ccccc1CN1CCN(C(=O)c2cc(Cn3ccc([N+](=O)[O-])n3)cs2)CC1. The van der Waals surface area contributed by atoms with Gasteiger partial charge in [-0.05, 0) is 40.0 Å². The smallest absolute Gasteiger partial charge is 0.358 e. The number of amides is 1. The highest BCUT2D eigenvalue weighted by Crippen LogP contribution is 2.20. The quantitative estimate of drug-likeness (QED) is 0.447. The molecule has 30 heavy (non-hydrogen) atoms. The first kappa shape index (κ1) is 20.2. The zero-order valence-corrected chi connectivity index (χ0v) is 17.5. The summed E-state index contributed by atoms with van der Waals surface area (Å²) in [4.78, 5) is 28.1. The summed E-state index contributed by atoms with van der Waals surface area (Å²) in [5, 5.41) is 16.6. The molecule has 1 aliphatic rings. The number of benzene rings is 1. The van der Waals surface area contributed by atoms with E-state index in [1.807, 2.05) is 16.3 Å². The Bertz CT molecular complexity index is 1050. The van der Waals surface area contributed by atoms with E-state index in [1.165, 1.54) is 33.2 Å². The Hall–Kier alpha value is -3.04. The van der Waals surface area contributed by atoms with Gasteiger partial charge in [0.2, 0.25) is 0 Å².